The van der Waals surface area contributed by atoms with E-state index in [9.17, 15) is 0 Å². The normalized spacial score (nSPS) is 11.9. The number of anilines is 2. The third-order valence-corrected chi connectivity index (χ3v) is 3.72. The van der Waals surface area contributed by atoms with Crippen molar-refractivity contribution in [1.82, 2.24) is 19.7 Å². The van der Waals surface area contributed by atoms with Crippen LogP contribution in [0.1, 0.15) is 32.0 Å². The van der Waals surface area contributed by atoms with Crippen molar-refractivity contribution in [2.75, 3.05) is 5.32 Å². The fourth-order valence-corrected chi connectivity index (χ4v) is 2.67. The fraction of sp³-hybridized carbons (Fsp3) is 0.353. The average Bonchev–Trinajstić information content (AvgIpc) is 2.83. The summed E-state index contributed by atoms with van der Waals surface area (Å²) in [6.45, 7) is 8.53. The highest BCUT2D eigenvalue weighted by atomic mass is 15.2. The van der Waals surface area contributed by atoms with E-state index in [2.05, 4.69) is 36.2 Å². The van der Waals surface area contributed by atoms with Crippen LogP contribution in [0.25, 0.3) is 10.9 Å². The molecule has 0 bridgehead atoms. The van der Waals surface area contributed by atoms with Gasteiger partial charge >= 0.3 is 0 Å². The lowest BCUT2D eigenvalue weighted by Gasteiger charge is -2.20. The first-order valence-electron chi connectivity index (χ1n) is 7.38. The predicted molar refractivity (Wildman–Crippen MR) is 89.5 cm³/mol. The molecule has 0 amide bonds. The fourth-order valence-electron chi connectivity index (χ4n) is 2.67. The third-order valence-electron chi connectivity index (χ3n) is 3.72. The lowest BCUT2D eigenvalue weighted by molar-refractivity contribution is 0.563. The smallest absolute Gasteiger partial charge is 0.227 e. The second-order valence-electron chi connectivity index (χ2n) is 6.61. The SMILES string of the molecule is Cc1cnc(Nc2cccc3c2cnn3C)nc1C(C)(C)C. The quantitative estimate of drug-likeness (QED) is 0.783. The van der Waals surface area contributed by atoms with E-state index in [-0.39, 0.29) is 5.41 Å². The molecule has 0 aliphatic heterocycles. The van der Waals surface area contributed by atoms with E-state index in [1.54, 1.807) is 0 Å². The van der Waals surface area contributed by atoms with E-state index in [0.717, 1.165) is 27.8 Å². The van der Waals surface area contributed by atoms with Gasteiger partial charge in [-0.25, -0.2) is 9.97 Å². The number of hydrogen-bond acceptors (Lipinski definition) is 4. The zero-order valence-corrected chi connectivity index (χ0v) is 13.7. The molecule has 5 heteroatoms. The van der Waals surface area contributed by atoms with Crippen molar-refractivity contribution in [3.05, 3.63) is 41.9 Å². The Hall–Kier alpha value is -2.43. The molecule has 0 atom stereocenters. The van der Waals surface area contributed by atoms with Crippen molar-refractivity contribution in [3.8, 4) is 0 Å². The Morgan fingerprint density at radius 1 is 1.14 bits per heavy atom. The van der Waals surface area contributed by atoms with Crippen LogP contribution in [0.15, 0.2) is 30.6 Å². The zero-order valence-electron chi connectivity index (χ0n) is 13.7. The summed E-state index contributed by atoms with van der Waals surface area (Å²) in [6.07, 6.45) is 3.73. The molecule has 0 aliphatic carbocycles. The maximum absolute atomic E-state index is 4.70. The number of fused-ring (bicyclic) bond motifs is 1. The van der Waals surface area contributed by atoms with Crippen LogP contribution >= 0.6 is 0 Å². The minimum Gasteiger partial charge on any atom is -0.323 e. The minimum atomic E-state index is -0.0102. The Kier molecular flexibility index (Phi) is 3.35. The molecule has 1 aromatic carbocycles. The highest BCUT2D eigenvalue weighted by molar-refractivity contribution is 5.92. The number of rotatable bonds is 2. The summed E-state index contributed by atoms with van der Waals surface area (Å²) >= 11 is 0. The molecule has 3 aromatic rings. The van der Waals surface area contributed by atoms with Gasteiger partial charge in [-0.05, 0) is 24.6 Å². The van der Waals surface area contributed by atoms with Gasteiger partial charge in [0.15, 0.2) is 0 Å². The number of benzene rings is 1. The van der Waals surface area contributed by atoms with Gasteiger partial charge in [-0.1, -0.05) is 26.8 Å². The average molecular weight is 295 g/mol. The molecule has 3 rings (SSSR count). The van der Waals surface area contributed by atoms with Crippen molar-refractivity contribution >= 4 is 22.5 Å². The van der Waals surface area contributed by atoms with Gasteiger partial charge in [0.05, 0.1) is 23.1 Å². The van der Waals surface area contributed by atoms with Gasteiger partial charge in [-0.2, -0.15) is 5.10 Å². The van der Waals surface area contributed by atoms with E-state index in [1.165, 1.54) is 0 Å². The summed E-state index contributed by atoms with van der Waals surface area (Å²) < 4.78 is 1.86. The van der Waals surface area contributed by atoms with Gasteiger partial charge in [-0.3, -0.25) is 4.68 Å². The van der Waals surface area contributed by atoms with E-state index in [1.807, 2.05) is 49.2 Å². The third kappa shape index (κ3) is 2.54. The summed E-state index contributed by atoms with van der Waals surface area (Å²) in [6, 6.07) is 6.07. The van der Waals surface area contributed by atoms with Crippen LogP contribution in [-0.4, -0.2) is 19.7 Å². The Labute approximate surface area is 130 Å². The van der Waals surface area contributed by atoms with E-state index in [0.29, 0.717) is 5.95 Å². The van der Waals surface area contributed by atoms with Crippen LogP contribution in [-0.2, 0) is 12.5 Å². The summed E-state index contributed by atoms with van der Waals surface area (Å²) in [5, 5.41) is 8.69. The standard InChI is InChI=1S/C17H21N5/c1-11-9-18-16(21-15(11)17(2,3)4)20-13-7-6-8-14-12(13)10-19-22(14)5/h6-10H,1-5H3,(H,18,20,21). The van der Waals surface area contributed by atoms with Crippen LogP contribution in [0.5, 0.6) is 0 Å². The van der Waals surface area contributed by atoms with Gasteiger partial charge in [0.1, 0.15) is 0 Å². The lowest BCUT2D eigenvalue weighted by Crippen LogP contribution is -2.17. The number of nitrogens with zero attached hydrogens (tertiary/aromatic N) is 4. The topological polar surface area (TPSA) is 55.6 Å². The molecule has 1 N–H and O–H groups in total. The number of nitrogens with one attached hydrogen (secondary N) is 1. The van der Waals surface area contributed by atoms with Crippen LogP contribution in [0.2, 0.25) is 0 Å². The molecular formula is C17H21N5. The number of aryl methyl sites for hydroxylation is 2. The van der Waals surface area contributed by atoms with Gasteiger partial charge in [0.25, 0.3) is 0 Å². The van der Waals surface area contributed by atoms with Crippen LogP contribution in [0.4, 0.5) is 11.6 Å². The van der Waals surface area contributed by atoms with E-state index in [4.69, 9.17) is 4.98 Å². The minimum absolute atomic E-state index is 0.0102. The Morgan fingerprint density at radius 2 is 1.91 bits per heavy atom. The van der Waals surface area contributed by atoms with Crippen molar-refractivity contribution in [1.29, 1.82) is 0 Å². The molecule has 2 aromatic heterocycles. The largest absolute Gasteiger partial charge is 0.323 e. The molecule has 5 nitrogen and oxygen atoms in total. The molecule has 114 valence electrons. The van der Waals surface area contributed by atoms with Gasteiger partial charge in [0, 0.05) is 24.0 Å². The number of hydrogen-bond donors (Lipinski definition) is 1. The monoisotopic (exact) mass is 295 g/mol. The van der Waals surface area contributed by atoms with Crippen molar-refractivity contribution in [2.24, 2.45) is 7.05 Å². The highest BCUT2D eigenvalue weighted by Crippen LogP contribution is 2.27. The van der Waals surface area contributed by atoms with Gasteiger partial charge < -0.3 is 5.32 Å². The first-order valence-corrected chi connectivity index (χ1v) is 7.38. The van der Waals surface area contributed by atoms with Crippen molar-refractivity contribution < 1.29 is 0 Å². The summed E-state index contributed by atoms with van der Waals surface area (Å²) in [5.74, 6) is 0.617. The summed E-state index contributed by atoms with van der Waals surface area (Å²) in [5.41, 5.74) is 4.20. The molecule has 0 saturated carbocycles. The second-order valence-corrected chi connectivity index (χ2v) is 6.61. The van der Waals surface area contributed by atoms with Crippen LogP contribution in [0.3, 0.4) is 0 Å². The van der Waals surface area contributed by atoms with Crippen molar-refractivity contribution in [3.63, 3.8) is 0 Å². The molecule has 0 unspecified atom stereocenters. The van der Waals surface area contributed by atoms with Crippen LogP contribution in [0, 0.1) is 6.92 Å². The molecule has 2 heterocycles. The maximum Gasteiger partial charge on any atom is 0.227 e. The lowest BCUT2D eigenvalue weighted by atomic mass is 9.89. The second kappa shape index (κ2) is 5.09. The first kappa shape index (κ1) is 14.5. The molecule has 0 fully saturated rings. The molecule has 0 aliphatic rings. The zero-order chi connectivity index (χ0) is 15.9. The predicted octanol–water partition coefficient (Wildman–Crippen LogP) is 3.71. The van der Waals surface area contributed by atoms with E-state index < -0.39 is 0 Å². The number of aromatic nitrogens is 4. The molecule has 22 heavy (non-hydrogen) atoms. The molecule has 0 radical (unpaired) electrons. The van der Waals surface area contributed by atoms with Gasteiger partial charge in [0.2, 0.25) is 5.95 Å². The first-order chi connectivity index (χ1) is 10.4. The van der Waals surface area contributed by atoms with Gasteiger partial charge in [-0.15, -0.1) is 0 Å². The molecular weight excluding hydrogens is 274 g/mol. The van der Waals surface area contributed by atoms with Crippen molar-refractivity contribution in [2.45, 2.75) is 33.1 Å². The molecule has 0 saturated heterocycles. The Morgan fingerprint density at radius 3 is 2.64 bits per heavy atom. The summed E-state index contributed by atoms with van der Waals surface area (Å²) in [4.78, 5) is 9.11. The van der Waals surface area contributed by atoms with E-state index >= 15 is 0 Å². The highest BCUT2D eigenvalue weighted by Gasteiger charge is 2.19. The molecule has 0 spiro atoms. The van der Waals surface area contributed by atoms with Crippen LogP contribution < -0.4 is 5.32 Å². The Bertz CT molecular complexity index is 827. The Balaban J connectivity index is 2.02. The maximum atomic E-state index is 4.70. The summed E-state index contributed by atoms with van der Waals surface area (Å²) in [7, 11) is 1.94.